The van der Waals surface area contributed by atoms with Crippen LogP contribution in [-0.4, -0.2) is 37.1 Å². The van der Waals surface area contributed by atoms with Gasteiger partial charge in [0.15, 0.2) is 0 Å². The molecule has 0 radical (unpaired) electrons. The lowest BCUT2D eigenvalue weighted by atomic mass is 9.70. The molecule has 3 fully saturated rings. The van der Waals surface area contributed by atoms with E-state index < -0.39 is 0 Å². The third kappa shape index (κ3) is 4.45. The van der Waals surface area contributed by atoms with Gasteiger partial charge in [-0.25, -0.2) is 0 Å². The molecule has 2 nitrogen and oxygen atoms in total. The second-order valence-electron chi connectivity index (χ2n) is 8.47. The van der Waals surface area contributed by atoms with Crippen molar-refractivity contribution in [3.8, 4) is 0 Å². The van der Waals surface area contributed by atoms with Crippen molar-refractivity contribution in [1.29, 1.82) is 0 Å². The molecule has 1 N–H and O–H groups in total. The van der Waals surface area contributed by atoms with Gasteiger partial charge >= 0.3 is 0 Å². The topological polar surface area (TPSA) is 15.3 Å². The van der Waals surface area contributed by atoms with Crippen molar-refractivity contribution in [3.63, 3.8) is 0 Å². The normalized spacial score (nSPS) is 36.0. The average molecular weight is 293 g/mol. The molecule has 0 aromatic rings. The Labute approximate surface area is 132 Å². The van der Waals surface area contributed by atoms with Crippen molar-refractivity contribution in [3.05, 3.63) is 0 Å². The highest BCUT2D eigenvalue weighted by Gasteiger charge is 2.37. The van der Waals surface area contributed by atoms with Crippen molar-refractivity contribution in [2.24, 2.45) is 17.3 Å². The van der Waals surface area contributed by atoms with Gasteiger partial charge in [-0.3, -0.25) is 0 Å². The van der Waals surface area contributed by atoms with Gasteiger partial charge in [0.25, 0.3) is 0 Å². The monoisotopic (exact) mass is 292 g/mol. The van der Waals surface area contributed by atoms with Crippen LogP contribution >= 0.6 is 0 Å². The first kappa shape index (κ1) is 15.8. The van der Waals surface area contributed by atoms with Crippen LogP contribution in [0.2, 0.25) is 0 Å². The number of rotatable bonds is 6. The van der Waals surface area contributed by atoms with Gasteiger partial charge in [-0.2, -0.15) is 0 Å². The van der Waals surface area contributed by atoms with Gasteiger partial charge in [-0.15, -0.1) is 0 Å². The van der Waals surface area contributed by atoms with E-state index in [1.54, 1.807) is 0 Å². The lowest BCUT2D eigenvalue weighted by Gasteiger charge is -2.44. The molecule has 1 heterocycles. The molecule has 0 bridgehead atoms. The smallest absolute Gasteiger partial charge is 0.00684 e. The molecule has 3 rings (SSSR count). The maximum absolute atomic E-state index is 3.86. The predicted molar refractivity (Wildman–Crippen MR) is 90.5 cm³/mol. The molecular weight excluding hydrogens is 256 g/mol. The Morgan fingerprint density at radius 2 is 1.67 bits per heavy atom. The van der Waals surface area contributed by atoms with Crippen LogP contribution in [0.15, 0.2) is 0 Å². The quantitative estimate of drug-likeness (QED) is 0.794. The molecule has 0 spiro atoms. The summed E-state index contributed by atoms with van der Waals surface area (Å²) in [6, 6.07) is 0.868. The first-order valence-corrected chi connectivity index (χ1v) is 9.65. The van der Waals surface area contributed by atoms with E-state index in [0.717, 1.165) is 17.9 Å². The Kier molecular flexibility index (Phi) is 5.27. The van der Waals surface area contributed by atoms with Crippen molar-refractivity contribution < 1.29 is 0 Å². The van der Waals surface area contributed by atoms with Crippen molar-refractivity contribution in [2.45, 2.75) is 77.7 Å². The minimum atomic E-state index is 0.591. The van der Waals surface area contributed by atoms with Gasteiger partial charge in [-0.1, -0.05) is 33.1 Å². The highest BCUT2D eigenvalue weighted by molar-refractivity contribution is 4.93. The van der Waals surface area contributed by atoms with E-state index >= 15 is 0 Å². The summed E-state index contributed by atoms with van der Waals surface area (Å²) in [5.41, 5.74) is 0.591. The van der Waals surface area contributed by atoms with E-state index in [-0.39, 0.29) is 0 Å². The van der Waals surface area contributed by atoms with Gasteiger partial charge in [0, 0.05) is 19.1 Å². The molecule has 122 valence electrons. The second-order valence-corrected chi connectivity index (χ2v) is 8.47. The minimum absolute atomic E-state index is 0.591. The van der Waals surface area contributed by atoms with E-state index in [9.17, 15) is 0 Å². The fourth-order valence-electron chi connectivity index (χ4n) is 4.44. The standard InChI is InChI=1S/C19H36N2/c1-3-17-8-12-21(13-9-17)15-19(14-20-18-4-5-18)10-6-16(2)7-11-19/h16-18,20H,3-15H2,1-2H3. The van der Waals surface area contributed by atoms with Crippen LogP contribution in [0.1, 0.15) is 71.6 Å². The zero-order chi connectivity index (χ0) is 14.7. The summed E-state index contributed by atoms with van der Waals surface area (Å²) in [6.45, 7) is 10.2. The highest BCUT2D eigenvalue weighted by Crippen LogP contribution is 2.40. The van der Waals surface area contributed by atoms with Crippen LogP contribution in [-0.2, 0) is 0 Å². The molecule has 2 heteroatoms. The SMILES string of the molecule is CCC1CCN(CC2(CNC3CC3)CCC(C)CC2)CC1. The summed E-state index contributed by atoms with van der Waals surface area (Å²) in [4.78, 5) is 2.80. The van der Waals surface area contributed by atoms with Crippen LogP contribution < -0.4 is 5.32 Å². The van der Waals surface area contributed by atoms with Crippen molar-refractivity contribution >= 4 is 0 Å². The van der Waals surface area contributed by atoms with Gasteiger partial charge < -0.3 is 10.2 Å². The van der Waals surface area contributed by atoms with Crippen molar-refractivity contribution in [2.75, 3.05) is 26.2 Å². The molecule has 2 aliphatic carbocycles. The lowest BCUT2D eigenvalue weighted by molar-refractivity contribution is 0.0655. The summed E-state index contributed by atoms with van der Waals surface area (Å²) in [7, 11) is 0. The van der Waals surface area contributed by atoms with Gasteiger partial charge in [0.1, 0.15) is 0 Å². The summed E-state index contributed by atoms with van der Waals surface area (Å²) >= 11 is 0. The minimum Gasteiger partial charge on any atom is -0.313 e. The molecule has 0 aromatic heterocycles. The summed E-state index contributed by atoms with van der Waals surface area (Å²) in [6.07, 6.45) is 13.0. The van der Waals surface area contributed by atoms with E-state index in [1.165, 1.54) is 84.0 Å². The van der Waals surface area contributed by atoms with Crippen LogP contribution in [0.5, 0.6) is 0 Å². The molecular formula is C19H36N2. The number of piperidine rings is 1. The van der Waals surface area contributed by atoms with Gasteiger partial charge in [-0.05, 0) is 68.9 Å². The highest BCUT2D eigenvalue weighted by atomic mass is 15.1. The largest absolute Gasteiger partial charge is 0.313 e. The second kappa shape index (κ2) is 7.00. The molecule has 0 aromatic carbocycles. The maximum Gasteiger partial charge on any atom is 0.00684 e. The van der Waals surface area contributed by atoms with Crippen LogP contribution in [0.25, 0.3) is 0 Å². The fraction of sp³-hybridized carbons (Fsp3) is 1.00. The van der Waals surface area contributed by atoms with Crippen molar-refractivity contribution in [1.82, 2.24) is 10.2 Å². The third-order valence-electron chi connectivity index (χ3n) is 6.52. The Morgan fingerprint density at radius 3 is 2.24 bits per heavy atom. The van der Waals surface area contributed by atoms with Crippen LogP contribution in [0.4, 0.5) is 0 Å². The predicted octanol–water partition coefficient (Wildman–Crippen LogP) is 4.06. The maximum atomic E-state index is 3.86. The number of nitrogens with one attached hydrogen (secondary N) is 1. The Balaban J connectivity index is 1.53. The van der Waals surface area contributed by atoms with Gasteiger partial charge in [0.05, 0.1) is 0 Å². The zero-order valence-electron chi connectivity index (χ0n) is 14.4. The van der Waals surface area contributed by atoms with Crippen LogP contribution in [0, 0.1) is 17.3 Å². The number of likely N-dealkylation sites (tertiary alicyclic amines) is 1. The Morgan fingerprint density at radius 1 is 1.00 bits per heavy atom. The molecule has 1 aliphatic heterocycles. The molecule has 2 saturated carbocycles. The summed E-state index contributed by atoms with van der Waals surface area (Å²) in [5.74, 6) is 1.97. The molecule has 1 saturated heterocycles. The Hall–Kier alpha value is -0.0800. The molecule has 0 unspecified atom stereocenters. The number of hydrogen-bond donors (Lipinski definition) is 1. The number of nitrogens with zero attached hydrogens (tertiary/aromatic N) is 1. The zero-order valence-corrected chi connectivity index (χ0v) is 14.4. The van der Waals surface area contributed by atoms with E-state index in [0.29, 0.717) is 5.41 Å². The van der Waals surface area contributed by atoms with Gasteiger partial charge in [0.2, 0.25) is 0 Å². The number of hydrogen-bond acceptors (Lipinski definition) is 2. The van der Waals surface area contributed by atoms with E-state index in [2.05, 4.69) is 24.1 Å². The van der Waals surface area contributed by atoms with E-state index in [1.807, 2.05) is 0 Å². The third-order valence-corrected chi connectivity index (χ3v) is 6.52. The summed E-state index contributed by atoms with van der Waals surface area (Å²) in [5, 5.41) is 3.86. The molecule has 0 atom stereocenters. The fourth-order valence-corrected chi connectivity index (χ4v) is 4.44. The Bertz CT molecular complexity index is 308. The molecule has 3 aliphatic rings. The lowest BCUT2D eigenvalue weighted by Crippen LogP contribution is -2.48. The van der Waals surface area contributed by atoms with E-state index in [4.69, 9.17) is 0 Å². The first-order valence-electron chi connectivity index (χ1n) is 9.65. The molecule has 21 heavy (non-hydrogen) atoms. The average Bonchev–Trinajstić information content (AvgIpc) is 3.33. The summed E-state index contributed by atoms with van der Waals surface area (Å²) < 4.78 is 0. The first-order chi connectivity index (χ1) is 10.2. The van der Waals surface area contributed by atoms with Crippen LogP contribution in [0.3, 0.4) is 0 Å². The molecule has 0 amide bonds.